The maximum Gasteiger partial charge on any atom is 0.306 e. The van der Waals surface area contributed by atoms with Crippen molar-refractivity contribution in [2.75, 3.05) is 6.61 Å². The van der Waals surface area contributed by atoms with Crippen molar-refractivity contribution in [1.82, 2.24) is 5.32 Å². The molecule has 5 nitrogen and oxygen atoms in total. The van der Waals surface area contributed by atoms with Crippen molar-refractivity contribution >= 4 is 11.9 Å². The van der Waals surface area contributed by atoms with E-state index in [-0.39, 0.29) is 17.9 Å². The number of carbonyl (C=O) groups excluding carboxylic acids is 1. The molecule has 0 saturated heterocycles. The van der Waals surface area contributed by atoms with Crippen LogP contribution in [-0.4, -0.2) is 29.6 Å². The lowest BCUT2D eigenvalue weighted by atomic mass is 9.82. The molecule has 1 aliphatic rings. The Kier molecular flexibility index (Phi) is 6.68. The number of nitrogens with one attached hydrogen (secondary N) is 1. The standard InChI is InChI=1S/C21H31NO4/c1-14(2)13-26-18-11-7-16(8-12-18)21(3,4)20(25)22-17-9-5-15(6-10-17)19(23)24/h7-8,11-12,14-15,17H,5-6,9-10,13H2,1-4H3,(H,22,25)(H,23,24). The third-order valence-electron chi connectivity index (χ3n) is 5.14. The molecule has 0 unspecified atom stereocenters. The smallest absolute Gasteiger partial charge is 0.306 e. The summed E-state index contributed by atoms with van der Waals surface area (Å²) in [5, 5.41) is 12.2. The predicted octanol–water partition coefficient (Wildman–Crippen LogP) is 3.76. The number of carboxylic acids is 1. The predicted molar refractivity (Wildman–Crippen MR) is 101 cm³/mol. The van der Waals surface area contributed by atoms with Crippen molar-refractivity contribution in [1.29, 1.82) is 0 Å². The highest BCUT2D eigenvalue weighted by Crippen LogP contribution is 2.28. The Hall–Kier alpha value is -2.04. The minimum absolute atomic E-state index is 0.0212. The second-order valence-electron chi connectivity index (χ2n) is 8.21. The first-order valence-electron chi connectivity index (χ1n) is 9.47. The van der Waals surface area contributed by atoms with Crippen LogP contribution in [0, 0.1) is 11.8 Å². The molecule has 0 aliphatic heterocycles. The normalized spacial score (nSPS) is 20.7. The number of carbonyl (C=O) groups is 2. The van der Waals surface area contributed by atoms with Crippen LogP contribution in [0.15, 0.2) is 24.3 Å². The molecular formula is C21H31NO4. The number of ether oxygens (including phenoxy) is 1. The molecule has 1 aliphatic carbocycles. The molecule has 2 rings (SSSR count). The van der Waals surface area contributed by atoms with Crippen molar-refractivity contribution in [2.45, 2.75) is 64.8 Å². The molecule has 0 bridgehead atoms. The molecule has 1 saturated carbocycles. The highest BCUT2D eigenvalue weighted by Gasteiger charge is 2.33. The van der Waals surface area contributed by atoms with Gasteiger partial charge < -0.3 is 15.2 Å². The van der Waals surface area contributed by atoms with E-state index in [1.54, 1.807) is 0 Å². The lowest BCUT2D eigenvalue weighted by Gasteiger charge is -2.31. The van der Waals surface area contributed by atoms with Gasteiger partial charge in [0, 0.05) is 6.04 Å². The first-order valence-corrected chi connectivity index (χ1v) is 9.47. The Labute approximate surface area is 156 Å². The highest BCUT2D eigenvalue weighted by molar-refractivity contribution is 5.87. The van der Waals surface area contributed by atoms with Crippen LogP contribution in [-0.2, 0) is 15.0 Å². The van der Waals surface area contributed by atoms with E-state index in [1.807, 2.05) is 38.1 Å². The average Bonchev–Trinajstić information content (AvgIpc) is 2.60. The van der Waals surface area contributed by atoms with Crippen LogP contribution in [0.2, 0.25) is 0 Å². The van der Waals surface area contributed by atoms with Crippen molar-refractivity contribution in [3.05, 3.63) is 29.8 Å². The summed E-state index contributed by atoms with van der Waals surface area (Å²) < 4.78 is 5.70. The van der Waals surface area contributed by atoms with Gasteiger partial charge >= 0.3 is 5.97 Å². The Morgan fingerprint density at radius 2 is 1.73 bits per heavy atom. The summed E-state index contributed by atoms with van der Waals surface area (Å²) >= 11 is 0. The van der Waals surface area contributed by atoms with Gasteiger partial charge in [-0.15, -0.1) is 0 Å². The number of aliphatic carboxylic acids is 1. The van der Waals surface area contributed by atoms with Gasteiger partial charge in [-0.05, 0) is 63.1 Å². The Bertz CT molecular complexity index is 613. The van der Waals surface area contributed by atoms with Gasteiger partial charge in [0.2, 0.25) is 5.91 Å². The summed E-state index contributed by atoms with van der Waals surface area (Å²) in [4.78, 5) is 23.8. The Morgan fingerprint density at radius 3 is 2.23 bits per heavy atom. The minimum Gasteiger partial charge on any atom is -0.493 e. The van der Waals surface area contributed by atoms with Crippen LogP contribution in [0.4, 0.5) is 0 Å². The summed E-state index contributed by atoms with van der Waals surface area (Å²) in [6, 6.07) is 7.76. The van der Waals surface area contributed by atoms with E-state index >= 15 is 0 Å². The molecule has 0 atom stereocenters. The van der Waals surface area contributed by atoms with E-state index in [1.165, 1.54) is 0 Å². The molecule has 0 heterocycles. The fraction of sp³-hybridized carbons (Fsp3) is 0.619. The van der Waals surface area contributed by atoms with Crippen LogP contribution in [0.1, 0.15) is 58.9 Å². The molecule has 1 amide bonds. The largest absolute Gasteiger partial charge is 0.493 e. The van der Waals surface area contributed by atoms with Crippen LogP contribution in [0.3, 0.4) is 0 Å². The van der Waals surface area contributed by atoms with Crippen LogP contribution >= 0.6 is 0 Å². The maximum absolute atomic E-state index is 12.8. The topological polar surface area (TPSA) is 75.6 Å². The molecule has 5 heteroatoms. The van der Waals surface area contributed by atoms with Gasteiger partial charge in [0.15, 0.2) is 0 Å². The van der Waals surface area contributed by atoms with Gasteiger partial charge in [0.05, 0.1) is 17.9 Å². The molecule has 1 aromatic rings. The third-order valence-corrected chi connectivity index (χ3v) is 5.14. The molecule has 1 aromatic carbocycles. The molecule has 144 valence electrons. The minimum atomic E-state index is -0.727. The zero-order chi connectivity index (χ0) is 19.3. The number of carboxylic acid groups (broad SMARTS) is 1. The number of rotatable bonds is 7. The first-order chi connectivity index (χ1) is 12.2. The molecule has 0 aromatic heterocycles. The van der Waals surface area contributed by atoms with Gasteiger partial charge in [-0.2, -0.15) is 0 Å². The van der Waals surface area contributed by atoms with Crippen LogP contribution in [0.5, 0.6) is 5.75 Å². The highest BCUT2D eigenvalue weighted by atomic mass is 16.5. The van der Waals surface area contributed by atoms with E-state index in [0.29, 0.717) is 25.4 Å². The van der Waals surface area contributed by atoms with Gasteiger partial charge in [-0.1, -0.05) is 26.0 Å². The van der Waals surface area contributed by atoms with E-state index in [4.69, 9.17) is 9.84 Å². The van der Waals surface area contributed by atoms with Crippen LogP contribution in [0.25, 0.3) is 0 Å². The number of benzene rings is 1. The number of amides is 1. The molecule has 26 heavy (non-hydrogen) atoms. The molecule has 2 N–H and O–H groups in total. The SMILES string of the molecule is CC(C)COc1ccc(C(C)(C)C(=O)NC2CCC(C(=O)O)CC2)cc1. The fourth-order valence-electron chi connectivity index (χ4n) is 3.21. The molecule has 1 fully saturated rings. The van der Waals surface area contributed by atoms with Crippen molar-refractivity contribution in [3.8, 4) is 5.75 Å². The lowest BCUT2D eigenvalue weighted by molar-refractivity contribution is -0.142. The number of hydrogen-bond donors (Lipinski definition) is 2. The van der Waals surface area contributed by atoms with Gasteiger partial charge in [-0.25, -0.2) is 0 Å². The van der Waals surface area contributed by atoms with E-state index < -0.39 is 11.4 Å². The monoisotopic (exact) mass is 361 g/mol. The van der Waals surface area contributed by atoms with Crippen LogP contribution < -0.4 is 10.1 Å². The van der Waals surface area contributed by atoms with E-state index in [9.17, 15) is 9.59 Å². The van der Waals surface area contributed by atoms with Gasteiger partial charge in [0.1, 0.15) is 5.75 Å². The third kappa shape index (κ3) is 5.23. The first kappa shape index (κ1) is 20.3. The second kappa shape index (κ2) is 8.56. The Morgan fingerprint density at radius 1 is 1.15 bits per heavy atom. The zero-order valence-corrected chi connectivity index (χ0v) is 16.2. The summed E-state index contributed by atoms with van der Waals surface area (Å²) in [5.74, 6) is 0.260. The quantitative estimate of drug-likeness (QED) is 0.775. The van der Waals surface area contributed by atoms with E-state index in [2.05, 4.69) is 19.2 Å². The van der Waals surface area contributed by atoms with Crippen molar-refractivity contribution in [2.24, 2.45) is 11.8 Å². The second-order valence-corrected chi connectivity index (χ2v) is 8.21. The van der Waals surface area contributed by atoms with Crippen molar-refractivity contribution in [3.63, 3.8) is 0 Å². The summed E-state index contributed by atoms with van der Waals surface area (Å²) in [7, 11) is 0. The zero-order valence-electron chi connectivity index (χ0n) is 16.2. The van der Waals surface area contributed by atoms with Gasteiger partial charge in [0.25, 0.3) is 0 Å². The molecular weight excluding hydrogens is 330 g/mol. The fourth-order valence-corrected chi connectivity index (χ4v) is 3.21. The summed E-state index contributed by atoms with van der Waals surface area (Å²) in [6.07, 6.45) is 2.70. The average molecular weight is 361 g/mol. The maximum atomic E-state index is 12.8. The van der Waals surface area contributed by atoms with Gasteiger partial charge in [-0.3, -0.25) is 9.59 Å². The molecule has 0 spiro atoms. The lowest BCUT2D eigenvalue weighted by Crippen LogP contribution is -2.46. The summed E-state index contributed by atoms with van der Waals surface area (Å²) in [5.41, 5.74) is 0.284. The number of hydrogen-bond acceptors (Lipinski definition) is 3. The van der Waals surface area contributed by atoms with E-state index in [0.717, 1.165) is 24.2 Å². The molecule has 0 radical (unpaired) electrons. The Balaban J connectivity index is 1.94. The van der Waals surface area contributed by atoms with Crippen molar-refractivity contribution < 1.29 is 19.4 Å². The summed E-state index contributed by atoms with van der Waals surface area (Å²) in [6.45, 7) is 8.70.